The quantitative estimate of drug-likeness (QED) is 0.556. The summed E-state index contributed by atoms with van der Waals surface area (Å²) in [5.74, 6) is 1.42. The first kappa shape index (κ1) is 20.6. The third-order valence-electron chi connectivity index (χ3n) is 5.32. The van der Waals surface area contributed by atoms with Gasteiger partial charge in [0.25, 0.3) is 0 Å². The normalized spacial score (nSPS) is 14.7. The van der Waals surface area contributed by atoms with E-state index in [-0.39, 0.29) is 12.2 Å². The molecule has 9 heteroatoms. The molecule has 2 heterocycles. The Morgan fingerprint density at radius 1 is 1.17 bits per heavy atom. The van der Waals surface area contributed by atoms with E-state index in [9.17, 15) is 9.90 Å². The van der Waals surface area contributed by atoms with Gasteiger partial charge in [0.2, 0.25) is 5.88 Å². The molecule has 0 aliphatic heterocycles. The van der Waals surface area contributed by atoms with E-state index >= 15 is 0 Å². The number of aliphatic hydroxyl groups is 1. The number of hydrogen-bond acceptors (Lipinski definition) is 8. The molecule has 2 aromatic heterocycles. The highest BCUT2D eigenvalue weighted by Gasteiger charge is 2.47. The standard InChI is InChI=1S/C21H24N2O6S/c1-26-10-12-7-15(27-2)18(16(8-12)28-3)14-11-30-20-13(19(29-4)22-23(14)20)9-17(24)21(25)5-6-21/h7-8,11,25H,5-6,9-10H2,1-4H3. The first-order valence-electron chi connectivity index (χ1n) is 9.48. The Hall–Kier alpha value is -2.62. The number of fused-ring (bicyclic) bond motifs is 1. The van der Waals surface area contributed by atoms with Crippen LogP contribution < -0.4 is 14.2 Å². The number of aromatic nitrogens is 2. The lowest BCUT2D eigenvalue weighted by Gasteiger charge is -2.14. The van der Waals surface area contributed by atoms with Crippen molar-refractivity contribution in [1.29, 1.82) is 0 Å². The SMILES string of the molecule is COCc1cc(OC)c(-c2csc3c(CC(=O)C4(O)CC4)c(OC)nn23)c(OC)c1. The van der Waals surface area contributed by atoms with Gasteiger partial charge in [-0.05, 0) is 30.5 Å². The van der Waals surface area contributed by atoms with Crippen LogP contribution in [0.2, 0.25) is 0 Å². The second-order valence-electron chi connectivity index (χ2n) is 7.27. The maximum atomic E-state index is 12.5. The lowest BCUT2D eigenvalue weighted by atomic mass is 10.1. The van der Waals surface area contributed by atoms with E-state index in [1.165, 1.54) is 18.4 Å². The highest BCUT2D eigenvalue weighted by molar-refractivity contribution is 7.16. The summed E-state index contributed by atoms with van der Waals surface area (Å²) in [5, 5.41) is 16.7. The van der Waals surface area contributed by atoms with Crippen LogP contribution in [0.3, 0.4) is 0 Å². The molecular weight excluding hydrogens is 408 g/mol. The van der Waals surface area contributed by atoms with Crippen molar-refractivity contribution in [2.24, 2.45) is 0 Å². The maximum absolute atomic E-state index is 12.5. The highest BCUT2D eigenvalue weighted by atomic mass is 32.1. The van der Waals surface area contributed by atoms with Crippen LogP contribution >= 0.6 is 11.3 Å². The van der Waals surface area contributed by atoms with Crippen molar-refractivity contribution in [2.45, 2.75) is 31.5 Å². The van der Waals surface area contributed by atoms with Crippen LogP contribution in [0, 0.1) is 0 Å². The van der Waals surface area contributed by atoms with Crippen LogP contribution in [0.15, 0.2) is 17.5 Å². The Kier molecular flexibility index (Phi) is 5.44. The fourth-order valence-electron chi connectivity index (χ4n) is 3.53. The number of hydrogen-bond donors (Lipinski definition) is 1. The van der Waals surface area contributed by atoms with Crippen LogP contribution in [0.4, 0.5) is 0 Å². The Morgan fingerprint density at radius 2 is 1.83 bits per heavy atom. The van der Waals surface area contributed by atoms with E-state index in [4.69, 9.17) is 18.9 Å². The smallest absolute Gasteiger partial charge is 0.238 e. The summed E-state index contributed by atoms with van der Waals surface area (Å²) in [4.78, 5) is 13.3. The number of nitrogens with zero attached hydrogens (tertiary/aromatic N) is 2. The molecule has 30 heavy (non-hydrogen) atoms. The minimum Gasteiger partial charge on any atom is -0.496 e. The lowest BCUT2D eigenvalue weighted by Crippen LogP contribution is -2.23. The van der Waals surface area contributed by atoms with Crippen LogP contribution in [-0.2, 0) is 22.6 Å². The van der Waals surface area contributed by atoms with Gasteiger partial charge in [0, 0.05) is 18.9 Å². The Balaban J connectivity index is 1.84. The summed E-state index contributed by atoms with van der Waals surface area (Å²) >= 11 is 1.45. The molecule has 1 aliphatic carbocycles. The summed E-state index contributed by atoms with van der Waals surface area (Å²) in [7, 11) is 6.35. The molecule has 0 unspecified atom stereocenters. The molecule has 1 fully saturated rings. The van der Waals surface area contributed by atoms with Gasteiger partial charge in [-0.3, -0.25) is 4.79 Å². The first-order valence-corrected chi connectivity index (χ1v) is 10.4. The summed E-state index contributed by atoms with van der Waals surface area (Å²) in [6.07, 6.45) is 1.09. The topological polar surface area (TPSA) is 91.5 Å². The molecule has 4 rings (SSSR count). The van der Waals surface area contributed by atoms with Crippen molar-refractivity contribution >= 4 is 22.0 Å². The molecule has 3 aromatic rings. The zero-order chi connectivity index (χ0) is 21.5. The van der Waals surface area contributed by atoms with Crippen molar-refractivity contribution < 1.29 is 28.8 Å². The van der Waals surface area contributed by atoms with Crippen LogP contribution in [0.5, 0.6) is 17.4 Å². The molecule has 1 aromatic carbocycles. The van der Waals surface area contributed by atoms with Crippen LogP contribution in [0.25, 0.3) is 16.1 Å². The molecule has 0 spiro atoms. The van der Waals surface area contributed by atoms with Crippen molar-refractivity contribution in [1.82, 2.24) is 9.61 Å². The van der Waals surface area contributed by atoms with E-state index in [1.807, 2.05) is 17.5 Å². The molecule has 160 valence electrons. The minimum atomic E-state index is -1.19. The molecule has 0 saturated heterocycles. The maximum Gasteiger partial charge on any atom is 0.238 e. The van der Waals surface area contributed by atoms with Gasteiger partial charge in [-0.25, -0.2) is 4.52 Å². The predicted molar refractivity (Wildman–Crippen MR) is 112 cm³/mol. The molecular formula is C21H24N2O6S. The van der Waals surface area contributed by atoms with E-state index in [0.29, 0.717) is 42.4 Å². The van der Waals surface area contributed by atoms with Gasteiger partial charge in [0.05, 0.1) is 44.8 Å². The Morgan fingerprint density at radius 3 is 2.37 bits per heavy atom. The number of thiazole rings is 1. The summed E-state index contributed by atoms with van der Waals surface area (Å²) in [5.41, 5.74) is 1.91. The number of Topliss-reactive ketones (excluding diaryl/α,β-unsaturated/α-hetero) is 1. The fraction of sp³-hybridized carbons (Fsp3) is 0.429. The first-order chi connectivity index (χ1) is 14.5. The largest absolute Gasteiger partial charge is 0.496 e. The van der Waals surface area contributed by atoms with Gasteiger partial charge in [-0.2, -0.15) is 0 Å². The third-order valence-corrected chi connectivity index (χ3v) is 6.30. The Labute approximate surface area is 177 Å². The predicted octanol–water partition coefficient (Wildman–Crippen LogP) is 2.87. The van der Waals surface area contributed by atoms with Crippen LogP contribution in [-0.4, -0.2) is 54.5 Å². The second-order valence-corrected chi connectivity index (χ2v) is 8.12. The van der Waals surface area contributed by atoms with Gasteiger partial charge in [-0.1, -0.05) is 0 Å². The number of ether oxygens (including phenoxy) is 4. The van der Waals surface area contributed by atoms with Crippen molar-refractivity contribution in [3.05, 3.63) is 28.6 Å². The van der Waals surface area contributed by atoms with Crippen molar-refractivity contribution in [3.8, 4) is 28.6 Å². The summed E-state index contributed by atoms with van der Waals surface area (Å²) in [6.45, 7) is 0.427. The molecule has 1 saturated carbocycles. The lowest BCUT2D eigenvalue weighted by molar-refractivity contribution is -0.128. The van der Waals surface area contributed by atoms with E-state index in [0.717, 1.165) is 21.7 Å². The molecule has 1 aliphatic rings. The molecule has 0 atom stereocenters. The minimum absolute atomic E-state index is 0.0736. The molecule has 0 amide bonds. The molecule has 0 radical (unpaired) electrons. The van der Waals surface area contributed by atoms with Crippen molar-refractivity contribution in [3.63, 3.8) is 0 Å². The number of methoxy groups -OCH3 is 4. The van der Waals surface area contributed by atoms with Gasteiger partial charge < -0.3 is 24.1 Å². The fourth-order valence-corrected chi connectivity index (χ4v) is 4.51. The zero-order valence-corrected chi connectivity index (χ0v) is 18.2. The van der Waals surface area contributed by atoms with Gasteiger partial charge in [0.15, 0.2) is 5.78 Å². The van der Waals surface area contributed by atoms with Crippen LogP contribution in [0.1, 0.15) is 24.0 Å². The van der Waals surface area contributed by atoms with E-state index in [1.54, 1.807) is 25.8 Å². The van der Waals surface area contributed by atoms with Gasteiger partial charge in [-0.15, -0.1) is 16.4 Å². The number of carbonyl (C=O) groups excluding carboxylic acids is 1. The highest BCUT2D eigenvalue weighted by Crippen LogP contribution is 2.44. The molecule has 1 N–H and O–H groups in total. The average molecular weight is 432 g/mol. The monoisotopic (exact) mass is 432 g/mol. The van der Waals surface area contributed by atoms with Gasteiger partial charge >= 0.3 is 0 Å². The average Bonchev–Trinajstić information content (AvgIpc) is 3.24. The Bertz CT molecular complexity index is 1070. The van der Waals surface area contributed by atoms with E-state index < -0.39 is 5.60 Å². The number of benzene rings is 1. The summed E-state index contributed by atoms with van der Waals surface area (Å²) < 4.78 is 23.7. The van der Waals surface area contributed by atoms with E-state index in [2.05, 4.69) is 5.10 Å². The van der Waals surface area contributed by atoms with Crippen molar-refractivity contribution in [2.75, 3.05) is 28.4 Å². The number of carbonyl (C=O) groups is 1. The molecule has 8 nitrogen and oxygen atoms in total. The number of ketones is 1. The molecule has 0 bridgehead atoms. The second kappa shape index (κ2) is 7.90. The third kappa shape index (κ3) is 3.42. The van der Waals surface area contributed by atoms with Gasteiger partial charge in [0.1, 0.15) is 21.9 Å². The zero-order valence-electron chi connectivity index (χ0n) is 17.4. The number of rotatable bonds is 9. The summed E-state index contributed by atoms with van der Waals surface area (Å²) in [6, 6.07) is 3.80.